The van der Waals surface area contributed by atoms with Gasteiger partial charge in [-0.3, -0.25) is 0 Å². The second kappa shape index (κ2) is 11.5. The summed E-state index contributed by atoms with van der Waals surface area (Å²) in [7, 11) is -0.225. The van der Waals surface area contributed by atoms with E-state index in [9.17, 15) is 22.4 Å². The standard InChI is InChI=1S/C26H27F5N6O3Si/c1-36(25(38)39)13-15-9-17(26(29,30)31)21(18(27)10-15)24-33-12-19-23(34-24)22(16-5-6-20(28)32-11-16)35-37(19)14-40-7-8-41(2,3)4/h5-6,9-12H,7-8,13-14H2,1-4H3,(H,38,39). The van der Waals surface area contributed by atoms with Crippen molar-refractivity contribution in [1.29, 1.82) is 0 Å². The molecule has 1 amide bonds. The summed E-state index contributed by atoms with van der Waals surface area (Å²) in [5.41, 5.74) is -1.59. The first-order valence-electron chi connectivity index (χ1n) is 12.4. The number of rotatable bonds is 9. The maximum Gasteiger partial charge on any atom is 0.417 e. The number of carboxylic acid groups (broad SMARTS) is 1. The summed E-state index contributed by atoms with van der Waals surface area (Å²) in [4.78, 5) is 23.8. The van der Waals surface area contributed by atoms with Crippen LogP contribution in [0.1, 0.15) is 11.1 Å². The van der Waals surface area contributed by atoms with Crippen LogP contribution < -0.4 is 0 Å². The van der Waals surface area contributed by atoms with E-state index in [0.717, 1.165) is 30.1 Å². The summed E-state index contributed by atoms with van der Waals surface area (Å²) in [6.07, 6.45) is -3.98. The Kier molecular flexibility index (Phi) is 8.40. The average molecular weight is 595 g/mol. The molecule has 3 aromatic heterocycles. The maximum absolute atomic E-state index is 15.3. The molecule has 0 fully saturated rings. The first-order chi connectivity index (χ1) is 19.1. The molecule has 0 unspecified atom stereocenters. The lowest BCUT2D eigenvalue weighted by molar-refractivity contribution is -0.137. The Morgan fingerprint density at radius 2 is 1.85 bits per heavy atom. The fraction of sp³-hybridized carbons (Fsp3) is 0.346. The van der Waals surface area contributed by atoms with Crippen LogP contribution in [0.2, 0.25) is 25.7 Å². The molecule has 0 aliphatic rings. The Balaban J connectivity index is 1.83. The first-order valence-corrected chi connectivity index (χ1v) is 16.1. The van der Waals surface area contributed by atoms with Crippen LogP contribution >= 0.6 is 0 Å². The van der Waals surface area contributed by atoms with Crippen LogP contribution in [-0.2, 0) is 24.2 Å². The van der Waals surface area contributed by atoms with Crippen molar-refractivity contribution in [3.8, 4) is 22.6 Å². The van der Waals surface area contributed by atoms with Crippen LogP contribution in [0.5, 0.6) is 0 Å². The van der Waals surface area contributed by atoms with Gasteiger partial charge in [0.25, 0.3) is 0 Å². The summed E-state index contributed by atoms with van der Waals surface area (Å²) in [6, 6.07) is 4.86. The number of fused-ring (bicyclic) bond motifs is 1. The molecule has 0 atom stereocenters. The lowest BCUT2D eigenvalue weighted by Gasteiger charge is -2.18. The molecule has 0 saturated carbocycles. The van der Waals surface area contributed by atoms with E-state index < -0.39 is 55.6 Å². The van der Waals surface area contributed by atoms with Gasteiger partial charge in [-0.25, -0.2) is 28.8 Å². The van der Waals surface area contributed by atoms with Crippen molar-refractivity contribution in [2.24, 2.45) is 0 Å². The van der Waals surface area contributed by atoms with Gasteiger partial charge < -0.3 is 14.7 Å². The average Bonchev–Trinajstić information content (AvgIpc) is 3.23. The lowest BCUT2D eigenvalue weighted by atomic mass is 10.0. The molecule has 4 rings (SSSR count). The molecule has 0 aliphatic heterocycles. The molecular weight excluding hydrogens is 567 g/mol. The van der Waals surface area contributed by atoms with Gasteiger partial charge in [-0.15, -0.1) is 0 Å². The summed E-state index contributed by atoms with van der Waals surface area (Å²) < 4.78 is 78.4. The van der Waals surface area contributed by atoms with Crippen molar-refractivity contribution in [3.63, 3.8) is 0 Å². The quantitative estimate of drug-likeness (QED) is 0.105. The second-order valence-corrected chi connectivity index (χ2v) is 16.3. The number of hydrogen-bond donors (Lipinski definition) is 1. The van der Waals surface area contributed by atoms with Crippen LogP contribution in [0, 0.1) is 11.8 Å². The number of nitrogens with zero attached hydrogens (tertiary/aromatic N) is 6. The zero-order valence-electron chi connectivity index (χ0n) is 22.6. The zero-order chi connectivity index (χ0) is 30.1. The van der Waals surface area contributed by atoms with Gasteiger partial charge in [0.15, 0.2) is 5.82 Å². The van der Waals surface area contributed by atoms with Gasteiger partial charge in [0.2, 0.25) is 5.95 Å². The van der Waals surface area contributed by atoms with Gasteiger partial charge in [-0.1, -0.05) is 19.6 Å². The summed E-state index contributed by atoms with van der Waals surface area (Å²) in [5, 5.41) is 13.5. The smallest absolute Gasteiger partial charge is 0.417 e. The Labute approximate surface area is 232 Å². The van der Waals surface area contributed by atoms with E-state index in [0.29, 0.717) is 23.8 Å². The molecule has 0 radical (unpaired) electrons. The zero-order valence-corrected chi connectivity index (χ0v) is 23.6. The topological polar surface area (TPSA) is 106 Å². The molecule has 9 nitrogen and oxygen atoms in total. The summed E-state index contributed by atoms with van der Waals surface area (Å²) in [6.45, 7) is 6.57. The summed E-state index contributed by atoms with van der Waals surface area (Å²) >= 11 is 0. The highest BCUT2D eigenvalue weighted by Crippen LogP contribution is 2.39. The van der Waals surface area contributed by atoms with E-state index >= 15 is 4.39 Å². The lowest BCUT2D eigenvalue weighted by Crippen LogP contribution is -2.24. The number of aromatic nitrogens is 5. The fourth-order valence-electron chi connectivity index (χ4n) is 3.97. The van der Waals surface area contributed by atoms with E-state index in [1.165, 1.54) is 23.1 Å². The van der Waals surface area contributed by atoms with E-state index in [2.05, 4.69) is 39.7 Å². The number of halogens is 5. The third-order valence-electron chi connectivity index (χ3n) is 6.13. The molecule has 41 heavy (non-hydrogen) atoms. The molecule has 0 spiro atoms. The van der Waals surface area contributed by atoms with Gasteiger partial charge in [0.05, 0.1) is 17.3 Å². The van der Waals surface area contributed by atoms with Crippen molar-refractivity contribution in [2.75, 3.05) is 13.7 Å². The normalized spacial score (nSPS) is 12.2. The third-order valence-corrected chi connectivity index (χ3v) is 7.83. The molecular formula is C26H27F5N6O3Si. The molecule has 218 valence electrons. The molecule has 0 saturated heterocycles. The molecule has 1 aromatic carbocycles. The van der Waals surface area contributed by atoms with Crippen LogP contribution in [0.3, 0.4) is 0 Å². The Hall–Kier alpha value is -3.98. The first kappa shape index (κ1) is 30.0. The van der Waals surface area contributed by atoms with Gasteiger partial charge in [-0.2, -0.15) is 22.7 Å². The molecule has 0 aliphatic carbocycles. The highest BCUT2D eigenvalue weighted by molar-refractivity contribution is 6.76. The van der Waals surface area contributed by atoms with Gasteiger partial charge in [0, 0.05) is 40.0 Å². The van der Waals surface area contributed by atoms with Crippen molar-refractivity contribution in [3.05, 3.63) is 59.6 Å². The second-order valence-electron chi connectivity index (χ2n) is 10.6. The molecule has 0 bridgehead atoms. The van der Waals surface area contributed by atoms with E-state index in [-0.39, 0.29) is 23.5 Å². The van der Waals surface area contributed by atoms with Gasteiger partial charge in [0.1, 0.15) is 29.3 Å². The molecule has 1 N–H and O–H groups in total. The van der Waals surface area contributed by atoms with Gasteiger partial charge in [-0.05, 0) is 35.9 Å². The number of carbonyl (C=O) groups is 1. The largest absolute Gasteiger partial charge is 0.465 e. The SMILES string of the molecule is CN(Cc1cc(F)c(-c2ncc3c(n2)c(-c2ccc(F)nc2)nn3COCC[Si](C)(C)C)c(C(F)(F)F)c1)C(=O)O. The Morgan fingerprint density at radius 1 is 1.12 bits per heavy atom. The van der Waals surface area contributed by atoms with E-state index in [4.69, 9.17) is 9.84 Å². The molecule has 15 heteroatoms. The van der Waals surface area contributed by atoms with Crippen LogP contribution in [0.15, 0.2) is 36.7 Å². The number of pyridine rings is 1. The van der Waals surface area contributed by atoms with Crippen molar-refractivity contribution in [2.45, 2.75) is 45.1 Å². The van der Waals surface area contributed by atoms with Gasteiger partial charge >= 0.3 is 12.3 Å². The van der Waals surface area contributed by atoms with Crippen LogP contribution in [-0.4, -0.2) is 62.6 Å². The Morgan fingerprint density at radius 3 is 2.46 bits per heavy atom. The highest BCUT2D eigenvalue weighted by atomic mass is 28.3. The number of benzene rings is 1. The van der Waals surface area contributed by atoms with E-state index in [1.54, 1.807) is 0 Å². The van der Waals surface area contributed by atoms with Crippen LogP contribution in [0.4, 0.5) is 26.7 Å². The molecule has 3 heterocycles. The fourth-order valence-corrected chi connectivity index (χ4v) is 4.72. The molecule has 4 aromatic rings. The maximum atomic E-state index is 15.3. The van der Waals surface area contributed by atoms with E-state index in [1.807, 2.05) is 0 Å². The Bertz CT molecular complexity index is 1570. The minimum absolute atomic E-state index is 0.00767. The predicted octanol–water partition coefficient (Wildman–Crippen LogP) is 6.27. The minimum Gasteiger partial charge on any atom is -0.465 e. The van der Waals surface area contributed by atoms with Crippen molar-refractivity contribution in [1.82, 2.24) is 29.6 Å². The number of hydrogen-bond acceptors (Lipinski definition) is 6. The number of alkyl halides is 3. The number of ether oxygens (including phenoxy) is 1. The van der Waals surface area contributed by atoms with Crippen molar-refractivity contribution >= 4 is 25.2 Å². The summed E-state index contributed by atoms with van der Waals surface area (Å²) in [5.74, 6) is -2.58. The predicted molar refractivity (Wildman–Crippen MR) is 143 cm³/mol. The monoisotopic (exact) mass is 594 g/mol. The van der Waals surface area contributed by atoms with Crippen LogP contribution in [0.25, 0.3) is 33.7 Å². The number of amides is 1. The van der Waals surface area contributed by atoms with Crippen molar-refractivity contribution < 1.29 is 36.6 Å². The highest BCUT2D eigenvalue weighted by Gasteiger charge is 2.37. The minimum atomic E-state index is -5.01. The third kappa shape index (κ3) is 7.03.